The largest absolute Gasteiger partial charge is 0.457 e. The van der Waals surface area contributed by atoms with Crippen LogP contribution in [0.25, 0.3) is 0 Å². The predicted molar refractivity (Wildman–Crippen MR) is 84.4 cm³/mol. The first-order chi connectivity index (χ1) is 10.2. The van der Waals surface area contributed by atoms with E-state index >= 15 is 0 Å². The number of para-hydroxylation sites is 1. The summed E-state index contributed by atoms with van der Waals surface area (Å²) in [6, 6.07) is 13.1. The predicted octanol–water partition coefficient (Wildman–Crippen LogP) is 4.99. The average molecular weight is 287 g/mol. The topological polar surface area (TPSA) is 21.3 Å². The van der Waals surface area contributed by atoms with E-state index in [9.17, 15) is 4.39 Å². The normalized spacial score (nSPS) is 12.2. The second-order valence-electron chi connectivity index (χ2n) is 5.07. The number of halogens is 1. The van der Waals surface area contributed by atoms with Crippen LogP contribution in [0.15, 0.2) is 42.5 Å². The Morgan fingerprint density at radius 2 is 1.90 bits per heavy atom. The highest BCUT2D eigenvalue weighted by Gasteiger charge is 2.14. The molecule has 1 unspecified atom stereocenters. The summed E-state index contributed by atoms with van der Waals surface area (Å²) in [7, 11) is 0. The van der Waals surface area contributed by atoms with Gasteiger partial charge in [0.2, 0.25) is 0 Å². The highest BCUT2D eigenvalue weighted by Crippen LogP contribution is 2.31. The second-order valence-corrected chi connectivity index (χ2v) is 5.07. The van der Waals surface area contributed by atoms with Crippen LogP contribution in [0.4, 0.5) is 4.39 Å². The Morgan fingerprint density at radius 1 is 1.14 bits per heavy atom. The van der Waals surface area contributed by atoms with Gasteiger partial charge in [0, 0.05) is 17.7 Å². The van der Waals surface area contributed by atoms with Crippen molar-refractivity contribution in [3.63, 3.8) is 0 Å². The molecule has 0 saturated heterocycles. The maximum Gasteiger partial charge on any atom is 0.132 e. The molecule has 1 atom stereocenters. The summed E-state index contributed by atoms with van der Waals surface area (Å²) in [5.41, 5.74) is 1.72. The summed E-state index contributed by atoms with van der Waals surface area (Å²) >= 11 is 0. The lowest BCUT2D eigenvalue weighted by Gasteiger charge is -2.20. The molecule has 0 aliphatic carbocycles. The van der Waals surface area contributed by atoms with Gasteiger partial charge in [-0.05, 0) is 37.6 Å². The van der Waals surface area contributed by atoms with Crippen molar-refractivity contribution in [1.29, 1.82) is 0 Å². The number of benzene rings is 2. The van der Waals surface area contributed by atoms with Crippen LogP contribution in [0.3, 0.4) is 0 Å². The van der Waals surface area contributed by atoms with Gasteiger partial charge in [0.15, 0.2) is 0 Å². The Labute approximate surface area is 126 Å². The summed E-state index contributed by atoms with van der Waals surface area (Å²) in [6.45, 7) is 6.86. The summed E-state index contributed by atoms with van der Waals surface area (Å²) in [5.74, 6) is 1.05. The van der Waals surface area contributed by atoms with E-state index in [0.717, 1.165) is 24.3 Å². The molecule has 0 saturated carbocycles. The van der Waals surface area contributed by atoms with Crippen molar-refractivity contribution >= 4 is 0 Å². The zero-order valence-electron chi connectivity index (χ0n) is 12.8. The van der Waals surface area contributed by atoms with Crippen molar-refractivity contribution in [2.75, 3.05) is 6.54 Å². The molecule has 0 heterocycles. The van der Waals surface area contributed by atoms with E-state index in [2.05, 4.69) is 25.2 Å². The van der Waals surface area contributed by atoms with Gasteiger partial charge in [0.05, 0.1) is 0 Å². The molecule has 2 aromatic rings. The first kappa shape index (κ1) is 15.5. The SMILES string of the molecule is CCNC(CC)c1ccccc1Oc1ccc(C)c(F)c1. The lowest BCUT2D eigenvalue weighted by Crippen LogP contribution is -2.20. The van der Waals surface area contributed by atoms with Gasteiger partial charge in [-0.25, -0.2) is 4.39 Å². The lowest BCUT2D eigenvalue weighted by molar-refractivity contribution is 0.449. The molecule has 0 spiro atoms. The van der Waals surface area contributed by atoms with Crippen molar-refractivity contribution in [2.24, 2.45) is 0 Å². The van der Waals surface area contributed by atoms with Gasteiger partial charge in [-0.3, -0.25) is 0 Å². The van der Waals surface area contributed by atoms with Crippen LogP contribution in [0.1, 0.15) is 37.4 Å². The first-order valence-corrected chi connectivity index (χ1v) is 7.42. The van der Waals surface area contributed by atoms with Gasteiger partial charge in [-0.2, -0.15) is 0 Å². The van der Waals surface area contributed by atoms with Gasteiger partial charge in [0.1, 0.15) is 17.3 Å². The number of hydrogen-bond acceptors (Lipinski definition) is 2. The van der Waals surface area contributed by atoms with Crippen LogP contribution < -0.4 is 10.1 Å². The highest BCUT2D eigenvalue weighted by molar-refractivity contribution is 5.40. The zero-order chi connectivity index (χ0) is 15.2. The van der Waals surface area contributed by atoms with Gasteiger partial charge < -0.3 is 10.1 Å². The quantitative estimate of drug-likeness (QED) is 0.808. The van der Waals surface area contributed by atoms with Crippen LogP contribution in [0, 0.1) is 12.7 Å². The van der Waals surface area contributed by atoms with Gasteiger partial charge in [-0.1, -0.05) is 38.1 Å². The van der Waals surface area contributed by atoms with E-state index < -0.39 is 0 Å². The van der Waals surface area contributed by atoms with Crippen molar-refractivity contribution < 1.29 is 9.13 Å². The maximum atomic E-state index is 13.6. The molecule has 2 nitrogen and oxygen atoms in total. The molecule has 1 N–H and O–H groups in total. The monoisotopic (exact) mass is 287 g/mol. The van der Waals surface area contributed by atoms with E-state index in [0.29, 0.717) is 11.3 Å². The smallest absolute Gasteiger partial charge is 0.132 e. The minimum Gasteiger partial charge on any atom is -0.457 e. The van der Waals surface area contributed by atoms with Gasteiger partial charge >= 0.3 is 0 Å². The van der Waals surface area contributed by atoms with E-state index in [4.69, 9.17) is 4.74 Å². The van der Waals surface area contributed by atoms with Crippen molar-refractivity contribution in [2.45, 2.75) is 33.2 Å². The summed E-state index contributed by atoms with van der Waals surface area (Å²) < 4.78 is 19.5. The molecule has 3 heteroatoms. The summed E-state index contributed by atoms with van der Waals surface area (Å²) in [6.07, 6.45) is 0.969. The molecule has 0 bridgehead atoms. The minimum absolute atomic E-state index is 0.237. The van der Waals surface area contributed by atoms with Crippen LogP contribution in [0.2, 0.25) is 0 Å². The molecule has 0 aliphatic heterocycles. The Morgan fingerprint density at radius 3 is 2.57 bits per heavy atom. The van der Waals surface area contributed by atoms with E-state index in [1.165, 1.54) is 6.07 Å². The fourth-order valence-electron chi connectivity index (χ4n) is 2.35. The third-order valence-electron chi connectivity index (χ3n) is 3.52. The second kappa shape index (κ2) is 7.23. The fraction of sp³-hybridized carbons (Fsp3) is 0.333. The van der Waals surface area contributed by atoms with Crippen molar-refractivity contribution in [1.82, 2.24) is 5.32 Å². The number of nitrogens with one attached hydrogen (secondary N) is 1. The number of ether oxygens (including phenoxy) is 1. The maximum absolute atomic E-state index is 13.6. The highest BCUT2D eigenvalue weighted by atomic mass is 19.1. The first-order valence-electron chi connectivity index (χ1n) is 7.42. The molecule has 21 heavy (non-hydrogen) atoms. The molecule has 0 aliphatic rings. The van der Waals surface area contributed by atoms with Crippen LogP contribution in [-0.4, -0.2) is 6.54 Å². The third-order valence-corrected chi connectivity index (χ3v) is 3.52. The van der Waals surface area contributed by atoms with Crippen LogP contribution >= 0.6 is 0 Å². The molecule has 112 valence electrons. The molecule has 0 amide bonds. The van der Waals surface area contributed by atoms with Crippen LogP contribution in [-0.2, 0) is 0 Å². The van der Waals surface area contributed by atoms with Gasteiger partial charge in [0.25, 0.3) is 0 Å². The number of rotatable bonds is 6. The molecule has 2 aromatic carbocycles. The van der Waals surface area contributed by atoms with E-state index in [1.54, 1.807) is 19.1 Å². The van der Waals surface area contributed by atoms with E-state index in [1.807, 2.05) is 18.2 Å². The molecule has 2 rings (SSSR count). The zero-order valence-corrected chi connectivity index (χ0v) is 12.8. The van der Waals surface area contributed by atoms with Crippen molar-refractivity contribution in [3.05, 3.63) is 59.4 Å². The number of aryl methyl sites for hydroxylation is 1. The molecule has 0 radical (unpaired) electrons. The van der Waals surface area contributed by atoms with Crippen molar-refractivity contribution in [3.8, 4) is 11.5 Å². The standard InChI is InChI=1S/C18H22FNO/c1-4-17(20-5-2)15-8-6-7-9-18(15)21-14-11-10-13(3)16(19)12-14/h6-12,17,20H,4-5H2,1-3H3. The number of hydrogen-bond donors (Lipinski definition) is 1. The summed E-state index contributed by atoms with van der Waals surface area (Å²) in [4.78, 5) is 0. The lowest BCUT2D eigenvalue weighted by atomic mass is 10.0. The minimum atomic E-state index is -0.247. The fourth-order valence-corrected chi connectivity index (χ4v) is 2.35. The van der Waals surface area contributed by atoms with Gasteiger partial charge in [-0.15, -0.1) is 0 Å². The molecular weight excluding hydrogens is 265 g/mol. The Hall–Kier alpha value is -1.87. The summed E-state index contributed by atoms with van der Waals surface area (Å²) in [5, 5.41) is 3.44. The third kappa shape index (κ3) is 3.82. The van der Waals surface area contributed by atoms with E-state index in [-0.39, 0.29) is 11.9 Å². The van der Waals surface area contributed by atoms with Crippen LogP contribution in [0.5, 0.6) is 11.5 Å². The average Bonchev–Trinajstić information content (AvgIpc) is 2.49. The molecular formula is C18H22FNO. The Kier molecular flexibility index (Phi) is 5.34. The molecule has 0 fully saturated rings. The Balaban J connectivity index is 2.29. The Bertz CT molecular complexity index is 598. The molecule has 0 aromatic heterocycles.